The minimum Gasteiger partial charge on any atom is -0.346 e. The summed E-state index contributed by atoms with van der Waals surface area (Å²) < 4.78 is 0. The summed E-state index contributed by atoms with van der Waals surface area (Å²) in [5, 5.41) is 8.01. The molecule has 0 saturated heterocycles. The van der Waals surface area contributed by atoms with Gasteiger partial charge in [-0.15, -0.1) is 0 Å². The minimum atomic E-state index is -0.175. The second kappa shape index (κ2) is 9.01. The maximum absolute atomic E-state index is 12.4. The lowest BCUT2D eigenvalue weighted by molar-refractivity contribution is 0.0959. The maximum atomic E-state index is 12.4. The maximum Gasteiger partial charge on any atom is 0.251 e. The molecule has 0 radical (unpaired) electrons. The van der Waals surface area contributed by atoms with Gasteiger partial charge in [-0.1, -0.05) is 59.6 Å². The number of anilines is 1. The third kappa shape index (κ3) is 5.43. The highest BCUT2D eigenvalue weighted by molar-refractivity contribution is 6.30. The van der Waals surface area contributed by atoms with Crippen LogP contribution in [0, 0.1) is 6.92 Å². The summed E-state index contributed by atoms with van der Waals surface area (Å²) in [6, 6.07) is 24.5. The molecule has 0 saturated carbocycles. The topological polar surface area (TPSA) is 53.5 Å². The number of aryl methyl sites for hydroxylation is 1. The lowest BCUT2D eigenvalue weighted by Gasteiger charge is -2.10. The number of carbonyl (C=O) groups excluding carboxylic acids is 1. The molecular formula is C22H20ClN3O. The zero-order valence-electron chi connectivity index (χ0n) is 14.9. The van der Waals surface area contributed by atoms with Gasteiger partial charge in [0.15, 0.2) is 0 Å². The van der Waals surface area contributed by atoms with Gasteiger partial charge in [-0.3, -0.25) is 10.2 Å². The van der Waals surface area contributed by atoms with Crippen LogP contribution in [0.2, 0.25) is 5.02 Å². The number of hydrogen-bond acceptors (Lipinski definition) is 3. The second-order valence-electron chi connectivity index (χ2n) is 6.09. The third-order valence-electron chi connectivity index (χ3n) is 4.00. The predicted octanol–water partition coefficient (Wildman–Crippen LogP) is 4.89. The number of nitrogens with one attached hydrogen (secondary N) is 2. The Bertz CT molecular complexity index is 920. The van der Waals surface area contributed by atoms with E-state index in [0.29, 0.717) is 17.1 Å². The molecule has 0 atom stereocenters. The van der Waals surface area contributed by atoms with Crippen LogP contribution in [0.1, 0.15) is 21.5 Å². The van der Waals surface area contributed by atoms with E-state index < -0.39 is 0 Å². The molecule has 0 heterocycles. The summed E-state index contributed by atoms with van der Waals surface area (Å²) in [6.45, 7) is 2.33. The highest BCUT2D eigenvalue weighted by atomic mass is 35.5. The molecule has 0 aliphatic rings. The third-order valence-corrected chi connectivity index (χ3v) is 4.25. The molecule has 0 aliphatic carbocycles. The van der Waals surface area contributed by atoms with E-state index in [4.69, 9.17) is 11.6 Å². The SMILES string of the molecule is Cc1ccc(N/N=C(\CNC(=O)c2ccc(Cl)cc2)c2ccccc2)cc1. The summed E-state index contributed by atoms with van der Waals surface area (Å²) in [7, 11) is 0. The highest BCUT2D eigenvalue weighted by Gasteiger charge is 2.09. The predicted molar refractivity (Wildman–Crippen MR) is 112 cm³/mol. The number of halogens is 1. The average molecular weight is 378 g/mol. The van der Waals surface area contributed by atoms with Crippen molar-refractivity contribution >= 4 is 28.9 Å². The van der Waals surface area contributed by atoms with E-state index in [1.807, 2.05) is 61.5 Å². The van der Waals surface area contributed by atoms with Crippen LogP contribution in [0.3, 0.4) is 0 Å². The molecule has 3 aromatic rings. The van der Waals surface area contributed by atoms with E-state index in [-0.39, 0.29) is 5.91 Å². The Morgan fingerprint density at radius 2 is 1.56 bits per heavy atom. The quantitative estimate of drug-likeness (QED) is 0.474. The van der Waals surface area contributed by atoms with Gasteiger partial charge in [0.2, 0.25) is 0 Å². The molecule has 0 unspecified atom stereocenters. The van der Waals surface area contributed by atoms with Crippen LogP contribution in [0.15, 0.2) is 84.0 Å². The van der Waals surface area contributed by atoms with Crippen molar-refractivity contribution in [3.05, 3.63) is 101 Å². The lowest BCUT2D eigenvalue weighted by atomic mass is 10.1. The number of carbonyl (C=O) groups is 1. The summed E-state index contributed by atoms with van der Waals surface area (Å²) in [5.74, 6) is -0.175. The first kappa shape index (κ1) is 18.7. The first-order valence-electron chi connectivity index (χ1n) is 8.60. The molecule has 0 fully saturated rings. The van der Waals surface area contributed by atoms with Gasteiger partial charge in [0.05, 0.1) is 17.9 Å². The molecule has 3 rings (SSSR count). The lowest BCUT2D eigenvalue weighted by Crippen LogP contribution is -2.30. The van der Waals surface area contributed by atoms with Crippen molar-refractivity contribution in [1.29, 1.82) is 0 Å². The number of benzene rings is 3. The van der Waals surface area contributed by atoms with Crippen molar-refractivity contribution in [2.24, 2.45) is 5.10 Å². The Morgan fingerprint density at radius 1 is 0.889 bits per heavy atom. The van der Waals surface area contributed by atoms with Crippen molar-refractivity contribution < 1.29 is 4.79 Å². The van der Waals surface area contributed by atoms with Crippen LogP contribution in [0.5, 0.6) is 0 Å². The van der Waals surface area contributed by atoms with E-state index in [1.54, 1.807) is 24.3 Å². The van der Waals surface area contributed by atoms with Crippen molar-refractivity contribution in [1.82, 2.24) is 5.32 Å². The summed E-state index contributed by atoms with van der Waals surface area (Å²) in [5.41, 5.74) is 7.36. The van der Waals surface area contributed by atoms with E-state index in [1.165, 1.54) is 5.56 Å². The van der Waals surface area contributed by atoms with Crippen LogP contribution in [-0.2, 0) is 0 Å². The van der Waals surface area contributed by atoms with Gasteiger partial charge in [0.1, 0.15) is 0 Å². The van der Waals surface area contributed by atoms with Gasteiger partial charge in [-0.05, 0) is 48.9 Å². The van der Waals surface area contributed by atoms with E-state index in [9.17, 15) is 4.79 Å². The molecule has 0 aliphatic heterocycles. The smallest absolute Gasteiger partial charge is 0.251 e. The zero-order chi connectivity index (χ0) is 19.1. The average Bonchev–Trinajstić information content (AvgIpc) is 2.70. The minimum absolute atomic E-state index is 0.175. The molecule has 3 aromatic carbocycles. The molecular weight excluding hydrogens is 358 g/mol. The fraction of sp³-hybridized carbons (Fsp3) is 0.0909. The number of amides is 1. The number of hydrazone groups is 1. The standard InChI is InChI=1S/C22H20ClN3O/c1-16-7-13-20(14-8-16)25-26-21(17-5-3-2-4-6-17)15-24-22(27)18-9-11-19(23)12-10-18/h2-14,25H,15H2,1H3,(H,24,27)/b26-21+. The number of hydrogen-bond donors (Lipinski definition) is 2. The molecule has 0 bridgehead atoms. The van der Waals surface area contributed by atoms with Crippen LogP contribution >= 0.6 is 11.6 Å². The van der Waals surface area contributed by atoms with Crippen LogP contribution < -0.4 is 10.7 Å². The summed E-state index contributed by atoms with van der Waals surface area (Å²) >= 11 is 5.87. The first-order valence-corrected chi connectivity index (χ1v) is 8.98. The Balaban J connectivity index is 1.74. The van der Waals surface area contributed by atoms with Gasteiger partial charge in [-0.2, -0.15) is 5.10 Å². The normalized spacial score (nSPS) is 11.1. The Morgan fingerprint density at radius 3 is 2.22 bits per heavy atom. The molecule has 4 nitrogen and oxygen atoms in total. The Labute approximate surface area is 163 Å². The van der Waals surface area contributed by atoms with Crippen molar-refractivity contribution in [2.75, 3.05) is 12.0 Å². The molecule has 2 N–H and O–H groups in total. The highest BCUT2D eigenvalue weighted by Crippen LogP contribution is 2.11. The first-order chi connectivity index (χ1) is 13.1. The fourth-order valence-electron chi connectivity index (χ4n) is 2.46. The summed E-state index contributed by atoms with van der Waals surface area (Å²) in [4.78, 5) is 12.4. The molecule has 0 aromatic heterocycles. The molecule has 0 spiro atoms. The molecule has 5 heteroatoms. The Kier molecular flexibility index (Phi) is 6.23. The van der Waals surface area contributed by atoms with Crippen LogP contribution in [0.25, 0.3) is 0 Å². The van der Waals surface area contributed by atoms with Gasteiger partial charge < -0.3 is 5.32 Å². The molecule has 27 heavy (non-hydrogen) atoms. The monoisotopic (exact) mass is 377 g/mol. The van der Waals surface area contributed by atoms with E-state index in [0.717, 1.165) is 17.0 Å². The fourth-order valence-corrected chi connectivity index (χ4v) is 2.59. The number of rotatable bonds is 6. The van der Waals surface area contributed by atoms with Gasteiger partial charge >= 0.3 is 0 Å². The van der Waals surface area contributed by atoms with E-state index in [2.05, 4.69) is 15.8 Å². The van der Waals surface area contributed by atoms with Crippen molar-refractivity contribution in [3.8, 4) is 0 Å². The van der Waals surface area contributed by atoms with Gasteiger partial charge in [0, 0.05) is 10.6 Å². The zero-order valence-corrected chi connectivity index (χ0v) is 15.7. The molecule has 1 amide bonds. The largest absolute Gasteiger partial charge is 0.346 e. The van der Waals surface area contributed by atoms with Gasteiger partial charge in [0.25, 0.3) is 5.91 Å². The van der Waals surface area contributed by atoms with E-state index >= 15 is 0 Å². The van der Waals surface area contributed by atoms with Gasteiger partial charge in [-0.25, -0.2) is 0 Å². The molecule has 136 valence electrons. The van der Waals surface area contributed by atoms with Crippen LogP contribution in [0.4, 0.5) is 5.69 Å². The van der Waals surface area contributed by atoms with Crippen LogP contribution in [-0.4, -0.2) is 18.2 Å². The number of nitrogens with zero attached hydrogens (tertiary/aromatic N) is 1. The summed E-state index contributed by atoms with van der Waals surface area (Å²) in [6.07, 6.45) is 0. The van der Waals surface area contributed by atoms with Crippen molar-refractivity contribution in [3.63, 3.8) is 0 Å². The van der Waals surface area contributed by atoms with Crippen molar-refractivity contribution in [2.45, 2.75) is 6.92 Å². The second-order valence-corrected chi connectivity index (χ2v) is 6.53. The Hall–Kier alpha value is -3.11.